The molecule has 1 heterocycles. The van der Waals surface area contributed by atoms with Gasteiger partial charge in [0.05, 0.1) is 13.2 Å². The van der Waals surface area contributed by atoms with Crippen LogP contribution in [-0.4, -0.2) is 28.3 Å². The van der Waals surface area contributed by atoms with Crippen LogP contribution >= 0.6 is 0 Å². The summed E-state index contributed by atoms with van der Waals surface area (Å²) in [5, 5.41) is 18.1. The van der Waals surface area contributed by atoms with Gasteiger partial charge in [0.25, 0.3) is 0 Å². The second-order valence-corrected chi connectivity index (χ2v) is 4.45. The maximum absolute atomic E-state index is 9.13. The molecule has 0 aliphatic heterocycles. The summed E-state index contributed by atoms with van der Waals surface area (Å²) in [6.07, 6.45) is 0. The molecule has 0 saturated carbocycles. The number of furan rings is 1. The molecule has 4 nitrogen and oxygen atoms in total. The highest BCUT2D eigenvalue weighted by Gasteiger charge is 2.09. The zero-order valence-corrected chi connectivity index (χ0v) is 10.8. The van der Waals surface area contributed by atoms with Crippen molar-refractivity contribution in [3.05, 3.63) is 59.5 Å². The van der Waals surface area contributed by atoms with Gasteiger partial charge in [-0.3, -0.25) is 4.90 Å². The van der Waals surface area contributed by atoms with Crippen molar-refractivity contribution in [3.8, 4) is 0 Å². The number of hydrogen-bond acceptors (Lipinski definition) is 4. The number of rotatable bonds is 7. The Labute approximate surface area is 112 Å². The van der Waals surface area contributed by atoms with Gasteiger partial charge in [0, 0.05) is 13.1 Å². The van der Waals surface area contributed by atoms with E-state index in [1.54, 1.807) is 6.07 Å². The zero-order valence-electron chi connectivity index (χ0n) is 10.8. The maximum Gasteiger partial charge on any atom is 0.129 e. The van der Waals surface area contributed by atoms with E-state index in [0.717, 1.165) is 12.3 Å². The number of aliphatic hydroxyl groups excluding tert-OH is 2. The molecule has 0 unspecified atom stereocenters. The molecule has 2 N–H and O–H groups in total. The maximum atomic E-state index is 9.13. The standard InChI is InChI=1S/C15H19NO3/c17-9-8-16(10-13-4-2-1-3-5-13)11-14-6-7-15(12-18)19-14/h1-7,17-18H,8-12H2. The average Bonchev–Trinajstić information content (AvgIpc) is 2.88. The first-order valence-electron chi connectivity index (χ1n) is 6.37. The van der Waals surface area contributed by atoms with Crippen molar-refractivity contribution in [2.75, 3.05) is 13.2 Å². The fourth-order valence-electron chi connectivity index (χ4n) is 2.01. The molecule has 0 aliphatic carbocycles. The van der Waals surface area contributed by atoms with Crippen LogP contribution in [0.15, 0.2) is 46.9 Å². The quantitative estimate of drug-likeness (QED) is 0.797. The van der Waals surface area contributed by atoms with Crippen molar-refractivity contribution >= 4 is 0 Å². The number of aliphatic hydroxyl groups is 2. The van der Waals surface area contributed by atoms with Crippen LogP contribution in [0.5, 0.6) is 0 Å². The molecule has 0 aliphatic rings. The Morgan fingerprint density at radius 3 is 2.26 bits per heavy atom. The minimum Gasteiger partial charge on any atom is -0.462 e. The molecule has 4 heteroatoms. The lowest BCUT2D eigenvalue weighted by molar-refractivity contribution is 0.170. The fourth-order valence-corrected chi connectivity index (χ4v) is 2.01. The largest absolute Gasteiger partial charge is 0.462 e. The molecule has 0 spiro atoms. The van der Waals surface area contributed by atoms with Crippen molar-refractivity contribution in [2.24, 2.45) is 0 Å². The van der Waals surface area contributed by atoms with Gasteiger partial charge in [-0.15, -0.1) is 0 Å². The molecular formula is C15H19NO3. The molecule has 0 fully saturated rings. The Kier molecular flexibility index (Phi) is 5.15. The number of nitrogens with zero attached hydrogens (tertiary/aromatic N) is 1. The summed E-state index contributed by atoms with van der Waals surface area (Å²) in [6, 6.07) is 13.7. The van der Waals surface area contributed by atoms with Crippen molar-refractivity contribution in [1.29, 1.82) is 0 Å². The van der Waals surface area contributed by atoms with E-state index in [1.807, 2.05) is 24.3 Å². The second-order valence-electron chi connectivity index (χ2n) is 4.45. The van der Waals surface area contributed by atoms with Crippen LogP contribution in [0.3, 0.4) is 0 Å². The van der Waals surface area contributed by atoms with Gasteiger partial charge < -0.3 is 14.6 Å². The van der Waals surface area contributed by atoms with Crippen LogP contribution in [0.4, 0.5) is 0 Å². The monoisotopic (exact) mass is 261 g/mol. The van der Waals surface area contributed by atoms with Gasteiger partial charge >= 0.3 is 0 Å². The number of hydrogen-bond donors (Lipinski definition) is 2. The van der Waals surface area contributed by atoms with E-state index >= 15 is 0 Å². The van der Waals surface area contributed by atoms with Gasteiger partial charge in [-0.2, -0.15) is 0 Å². The Hall–Kier alpha value is -1.62. The summed E-state index contributed by atoms with van der Waals surface area (Å²) >= 11 is 0. The third-order valence-electron chi connectivity index (χ3n) is 2.92. The van der Waals surface area contributed by atoms with E-state index in [1.165, 1.54) is 5.56 Å². The van der Waals surface area contributed by atoms with E-state index in [4.69, 9.17) is 14.6 Å². The summed E-state index contributed by atoms with van der Waals surface area (Å²) in [5.74, 6) is 1.37. The van der Waals surface area contributed by atoms with Crippen LogP contribution in [0, 0.1) is 0 Å². The minimum absolute atomic E-state index is 0.0846. The minimum atomic E-state index is -0.0846. The van der Waals surface area contributed by atoms with Crippen molar-refractivity contribution < 1.29 is 14.6 Å². The molecule has 2 aromatic rings. The second kappa shape index (κ2) is 7.09. The lowest BCUT2D eigenvalue weighted by Gasteiger charge is -2.20. The van der Waals surface area contributed by atoms with Gasteiger partial charge in [0.15, 0.2) is 0 Å². The topological polar surface area (TPSA) is 56.8 Å². The van der Waals surface area contributed by atoms with Crippen molar-refractivity contribution in [1.82, 2.24) is 4.90 Å². The van der Waals surface area contributed by atoms with E-state index in [9.17, 15) is 0 Å². The third kappa shape index (κ3) is 4.21. The van der Waals surface area contributed by atoms with Crippen molar-refractivity contribution in [3.63, 3.8) is 0 Å². The summed E-state index contributed by atoms with van der Waals surface area (Å²) < 4.78 is 5.47. The number of benzene rings is 1. The highest BCUT2D eigenvalue weighted by atomic mass is 16.4. The van der Waals surface area contributed by atoms with E-state index in [-0.39, 0.29) is 13.2 Å². The van der Waals surface area contributed by atoms with Crippen LogP contribution in [0.1, 0.15) is 17.1 Å². The molecule has 1 aromatic heterocycles. The van der Waals surface area contributed by atoms with Gasteiger partial charge in [-0.25, -0.2) is 0 Å². The Morgan fingerprint density at radius 1 is 0.895 bits per heavy atom. The summed E-state index contributed by atoms with van der Waals surface area (Å²) in [7, 11) is 0. The highest BCUT2D eigenvalue weighted by Crippen LogP contribution is 2.13. The fraction of sp³-hybridized carbons (Fsp3) is 0.333. The van der Waals surface area contributed by atoms with E-state index in [2.05, 4.69) is 17.0 Å². The molecule has 0 amide bonds. The molecule has 1 aromatic carbocycles. The summed E-state index contributed by atoms with van der Waals surface area (Å²) in [5.41, 5.74) is 1.20. The van der Waals surface area contributed by atoms with Crippen LogP contribution in [0.25, 0.3) is 0 Å². The third-order valence-corrected chi connectivity index (χ3v) is 2.92. The predicted octanol–water partition coefficient (Wildman–Crippen LogP) is 1.77. The molecule has 0 bridgehead atoms. The van der Waals surface area contributed by atoms with Gasteiger partial charge in [-0.05, 0) is 17.7 Å². The normalized spacial score (nSPS) is 11.1. The van der Waals surface area contributed by atoms with Gasteiger partial charge in [-0.1, -0.05) is 30.3 Å². The van der Waals surface area contributed by atoms with E-state index < -0.39 is 0 Å². The molecule has 0 radical (unpaired) electrons. The predicted molar refractivity (Wildman–Crippen MR) is 72.3 cm³/mol. The molecule has 0 saturated heterocycles. The Morgan fingerprint density at radius 2 is 1.63 bits per heavy atom. The first-order chi connectivity index (χ1) is 9.31. The van der Waals surface area contributed by atoms with Gasteiger partial charge in [0.1, 0.15) is 18.1 Å². The first kappa shape index (κ1) is 13.8. The van der Waals surface area contributed by atoms with Crippen LogP contribution in [-0.2, 0) is 19.7 Å². The first-order valence-corrected chi connectivity index (χ1v) is 6.37. The lowest BCUT2D eigenvalue weighted by atomic mass is 10.2. The average molecular weight is 261 g/mol. The SMILES string of the molecule is OCCN(Cc1ccccc1)Cc1ccc(CO)o1. The van der Waals surface area contributed by atoms with Gasteiger partial charge in [0.2, 0.25) is 0 Å². The summed E-state index contributed by atoms with van der Waals surface area (Å²) in [6.45, 7) is 2.00. The highest BCUT2D eigenvalue weighted by molar-refractivity contribution is 5.14. The van der Waals surface area contributed by atoms with E-state index in [0.29, 0.717) is 18.8 Å². The molecule has 102 valence electrons. The molecular weight excluding hydrogens is 242 g/mol. The summed E-state index contributed by atoms with van der Waals surface area (Å²) in [4.78, 5) is 2.11. The zero-order chi connectivity index (χ0) is 13.5. The Balaban J connectivity index is 1.99. The Bertz CT molecular complexity index is 481. The van der Waals surface area contributed by atoms with Crippen LogP contribution < -0.4 is 0 Å². The lowest BCUT2D eigenvalue weighted by Crippen LogP contribution is -2.25. The van der Waals surface area contributed by atoms with Crippen molar-refractivity contribution in [2.45, 2.75) is 19.7 Å². The molecule has 19 heavy (non-hydrogen) atoms. The smallest absolute Gasteiger partial charge is 0.129 e. The van der Waals surface area contributed by atoms with Crippen LogP contribution in [0.2, 0.25) is 0 Å². The molecule has 2 rings (SSSR count). The molecule has 0 atom stereocenters.